The predicted molar refractivity (Wildman–Crippen MR) is 87.7 cm³/mol. The molecule has 2 aromatic carbocycles. The Hall–Kier alpha value is -2.94. The van der Waals surface area contributed by atoms with Crippen LogP contribution >= 0.6 is 0 Å². The van der Waals surface area contributed by atoms with Crippen LogP contribution in [-0.4, -0.2) is 40.7 Å². The van der Waals surface area contributed by atoms with Gasteiger partial charge in [-0.05, 0) is 36.4 Å². The number of benzene rings is 2. The van der Waals surface area contributed by atoms with Gasteiger partial charge >= 0.3 is 6.18 Å². The van der Waals surface area contributed by atoms with Crippen molar-refractivity contribution < 1.29 is 32.2 Å². The lowest BCUT2D eigenvalue weighted by Crippen LogP contribution is -2.56. The molecule has 0 saturated carbocycles. The Balaban J connectivity index is 2.04. The van der Waals surface area contributed by atoms with E-state index < -0.39 is 30.0 Å². The molecule has 1 aliphatic rings. The van der Waals surface area contributed by atoms with Gasteiger partial charge < -0.3 is 9.84 Å². The number of ether oxygens (including phenoxy) is 1. The maximum atomic E-state index is 13.6. The van der Waals surface area contributed by atoms with Crippen LogP contribution in [0.1, 0.15) is 22.3 Å². The molecule has 0 bridgehead atoms. The van der Waals surface area contributed by atoms with Gasteiger partial charge in [0.05, 0.1) is 19.2 Å². The van der Waals surface area contributed by atoms with Crippen LogP contribution in [0.25, 0.3) is 0 Å². The van der Waals surface area contributed by atoms with Crippen molar-refractivity contribution in [1.82, 2.24) is 5.01 Å². The Bertz CT molecular complexity index is 896. The number of carbonyl (C=O) groups is 1. The van der Waals surface area contributed by atoms with Gasteiger partial charge in [0.2, 0.25) is 0 Å². The minimum absolute atomic E-state index is 0.00491. The highest BCUT2D eigenvalue weighted by Gasteiger charge is 2.63. The summed E-state index contributed by atoms with van der Waals surface area (Å²) in [4.78, 5) is 12.5. The number of amides is 1. The normalized spacial score (nSPS) is 19.8. The van der Waals surface area contributed by atoms with E-state index in [0.717, 1.165) is 24.3 Å². The summed E-state index contributed by atoms with van der Waals surface area (Å²) in [6.45, 7) is 0. The number of carbonyl (C=O) groups excluding carboxylic acids is 1. The second-order valence-corrected chi connectivity index (χ2v) is 5.89. The molecule has 2 aromatic rings. The Labute approximate surface area is 151 Å². The van der Waals surface area contributed by atoms with Crippen molar-refractivity contribution in [3.8, 4) is 5.75 Å². The van der Waals surface area contributed by atoms with Crippen molar-refractivity contribution in [1.29, 1.82) is 0 Å². The SMILES string of the molecule is COc1cccc(C2=NN(C(=O)c3ccc(F)cc3)[C@](O)(C(F)(F)F)C2)c1. The molecule has 27 heavy (non-hydrogen) atoms. The van der Waals surface area contributed by atoms with Crippen LogP contribution in [-0.2, 0) is 0 Å². The van der Waals surface area contributed by atoms with E-state index in [0.29, 0.717) is 5.75 Å². The third-order valence-corrected chi connectivity index (χ3v) is 4.13. The molecule has 0 saturated heterocycles. The molecule has 0 unspecified atom stereocenters. The van der Waals surface area contributed by atoms with Gasteiger partial charge in [0.15, 0.2) is 0 Å². The van der Waals surface area contributed by atoms with Crippen molar-refractivity contribution in [3.05, 3.63) is 65.5 Å². The number of nitrogens with zero attached hydrogens (tertiary/aromatic N) is 2. The third kappa shape index (κ3) is 3.37. The number of hydrogen-bond donors (Lipinski definition) is 1. The number of hydrazone groups is 1. The minimum atomic E-state index is -5.16. The minimum Gasteiger partial charge on any atom is -0.497 e. The quantitative estimate of drug-likeness (QED) is 0.829. The summed E-state index contributed by atoms with van der Waals surface area (Å²) in [5.74, 6) is -1.47. The van der Waals surface area contributed by atoms with Gasteiger partial charge in [-0.25, -0.2) is 4.39 Å². The van der Waals surface area contributed by atoms with E-state index in [-0.39, 0.29) is 21.8 Å². The van der Waals surface area contributed by atoms with Crippen LogP contribution in [0.3, 0.4) is 0 Å². The van der Waals surface area contributed by atoms with E-state index in [1.165, 1.54) is 19.2 Å². The zero-order valence-corrected chi connectivity index (χ0v) is 14.0. The van der Waals surface area contributed by atoms with Crippen LogP contribution < -0.4 is 4.74 Å². The number of alkyl halides is 3. The summed E-state index contributed by atoms with van der Waals surface area (Å²) in [6, 6.07) is 9.99. The van der Waals surface area contributed by atoms with E-state index >= 15 is 0 Å². The highest BCUT2D eigenvalue weighted by molar-refractivity contribution is 6.05. The van der Waals surface area contributed by atoms with Crippen molar-refractivity contribution in [2.45, 2.75) is 18.3 Å². The van der Waals surface area contributed by atoms with Crippen LogP contribution in [0.4, 0.5) is 17.6 Å². The first-order valence-corrected chi connectivity index (χ1v) is 7.77. The topological polar surface area (TPSA) is 62.1 Å². The van der Waals surface area contributed by atoms with E-state index in [9.17, 15) is 27.5 Å². The summed E-state index contributed by atoms with van der Waals surface area (Å²) in [5.41, 5.74) is -3.62. The van der Waals surface area contributed by atoms with E-state index in [1.54, 1.807) is 12.1 Å². The summed E-state index contributed by atoms with van der Waals surface area (Å²) in [6.07, 6.45) is -6.11. The lowest BCUT2D eigenvalue weighted by molar-refractivity contribution is -0.297. The molecule has 5 nitrogen and oxygen atoms in total. The van der Waals surface area contributed by atoms with Gasteiger partial charge in [-0.2, -0.15) is 23.3 Å². The molecule has 9 heteroatoms. The second-order valence-electron chi connectivity index (χ2n) is 5.89. The molecule has 0 fully saturated rings. The van der Waals surface area contributed by atoms with Gasteiger partial charge in [0, 0.05) is 11.1 Å². The monoisotopic (exact) mass is 382 g/mol. The highest BCUT2D eigenvalue weighted by Crippen LogP contribution is 2.42. The van der Waals surface area contributed by atoms with Crippen LogP contribution in [0.15, 0.2) is 53.6 Å². The first-order valence-electron chi connectivity index (χ1n) is 7.77. The first-order chi connectivity index (χ1) is 12.7. The van der Waals surface area contributed by atoms with Crippen molar-refractivity contribution in [2.24, 2.45) is 5.10 Å². The Kier molecular flexibility index (Phi) is 4.64. The molecule has 1 amide bonds. The van der Waals surface area contributed by atoms with E-state index in [4.69, 9.17) is 4.74 Å². The Morgan fingerprint density at radius 3 is 2.48 bits per heavy atom. The average Bonchev–Trinajstić information content (AvgIpc) is 3.01. The van der Waals surface area contributed by atoms with Gasteiger partial charge in [0.1, 0.15) is 11.6 Å². The standard InChI is InChI=1S/C18H14F4N2O3/c1-27-14-4-2-3-12(9-14)15-10-17(26,18(20,21)22)24(23-15)16(25)11-5-7-13(19)8-6-11/h2-9,26H,10H2,1H3/t17-/m1/s1. The summed E-state index contributed by atoms with van der Waals surface area (Å²) in [5, 5.41) is 14.0. The maximum absolute atomic E-state index is 13.6. The first kappa shape index (κ1) is 18.8. The van der Waals surface area contributed by atoms with E-state index in [1.807, 2.05) is 0 Å². The molecule has 1 heterocycles. The second kappa shape index (κ2) is 6.66. The van der Waals surface area contributed by atoms with Gasteiger partial charge in [-0.15, -0.1) is 0 Å². The zero-order chi connectivity index (χ0) is 19.8. The van der Waals surface area contributed by atoms with Crippen LogP contribution in [0.2, 0.25) is 0 Å². The van der Waals surface area contributed by atoms with Crippen molar-refractivity contribution in [2.75, 3.05) is 7.11 Å². The summed E-state index contributed by atoms with van der Waals surface area (Å²) < 4.78 is 58.8. The molecule has 0 spiro atoms. The van der Waals surface area contributed by atoms with Crippen LogP contribution in [0, 0.1) is 5.82 Å². The summed E-state index contributed by atoms with van der Waals surface area (Å²) >= 11 is 0. The van der Waals surface area contributed by atoms with Gasteiger partial charge in [-0.3, -0.25) is 4.79 Å². The molecular formula is C18H14F4N2O3. The molecule has 1 N–H and O–H groups in total. The number of aliphatic hydroxyl groups is 1. The van der Waals surface area contributed by atoms with Gasteiger partial charge in [0.25, 0.3) is 11.6 Å². The predicted octanol–water partition coefficient (Wildman–Crippen LogP) is 3.34. The fraction of sp³-hybridized carbons (Fsp3) is 0.222. The molecule has 0 radical (unpaired) electrons. The average molecular weight is 382 g/mol. The number of methoxy groups -OCH3 is 1. The fourth-order valence-electron chi connectivity index (χ4n) is 2.66. The van der Waals surface area contributed by atoms with Crippen molar-refractivity contribution in [3.63, 3.8) is 0 Å². The maximum Gasteiger partial charge on any atom is 0.438 e. The molecular weight excluding hydrogens is 368 g/mol. The molecule has 3 rings (SSSR count). The Morgan fingerprint density at radius 2 is 1.89 bits per heavy atom. The molecule has 1 atom stereocenters. The molecule has 1 aliphatic heterocycles. The molecule has 0 aromatic heterocycles. The smallest absolute Gasteiger partial charge is 0.438 e. The number of rotatable bonds is 3. The van der Waals surface area contributed by atoms with Crippen molar-refractivity contribution >= 4 is 11.6 Å². The molecule has 142 valence electrons. The highest BCUT2D eigenvalue weighted by atomic mass is 19.4. The van der Waals surface area contributed by atoms with Crippen LogP contribution in [0.5, 0.6) is 5.75 Å². The fourth-order valence-corrected chi connectivity index (χ4v) is 2.66. The Morgan fingerprint density at radius 1 is 1.22 bits per heavy atom. The lowest BCUT2D eigenvalue weighted by atomic mass is 10.0. The lowest BCUT2D eigenvalue weighted by Gasteiger charge is -2.32. The molecule has 0 aliphatic carbocycles. The van der Waals surface area contributed by atoms with E-state index in [2.05, 4.69) is 5.10 Å². The third-order valence-electron chi connectivity index (χ3n) is 4.13. The summed E-state index contributed by atoms with van der Waals surface area (Å²) in [7, 11) is 1.39. The zero-order valence-electron chi connectivity index (χ0n) is 14.0. The van der Waals surface area contributed by atoms with Gasteiger partial charge in [-0.1, -0.05) is 12.1 Å². The largest absolute Gasteiger partial charge is 0.497 e. The number of hydrogen-bond acceptors (Lipinski definition) is 4. The number of halogens is 4.